The van der Waals surface area contributed by atoms with Crippen molar-refractivity contribution in [3.8, 4) is 5.69 Å². The molecule has 4 rings (SSSR count). The van der Waals surface area contributed by atoms with Crippen LogP contribution in [0.15, 0.2) is 35.1 Å². The van der Waals surface area contributed by atoms with Gasteiger partial charge >= 0.3 is 0 Å². The first-order chi connectivity index (χ1) is 16.0. The van der Waals surface area contributed by atoms with Crippen LogP contribution in [0.5, 0.6) is 0 Å². The van der Waals surface area contributed by atoms with E-state index in [4.69, 9.17) is 0 Å². The summed E-state index contributed by atoms with van der Waals surface area (Å²) in [5.41, 5.74) is 2.45. The van der Waals surface area contributed by atoms with Crippen LogP contribution in [0.4, 0.5) is 0 Å². The second-order valence-electron chi connectivity index (χ2n) is 9.56. The van der Waals surface area contributed by atoms with E-state index in [1.54, 1.807) is 4.68 Å². The lowest BCUT2D eigenvalue weighted by Gasteiger charge is -2.29. The molecule has 0 radical (unpaired) electrons. The summed E-state index contributed by atoms with van der Waals surface area (Å²) < 4.78 is 3.62. The van der Waals surface area contributed by atoms with Crippen LogP contribution in [0.3, 0.4) is 0 Å². The van der Waals surface area contributed by atoms with Crippen molar-refractivity contribution >= 4 is 5.91 Å². The van der Waals surface area contributed by atoms with Gasteiger partial charge in [0, 0.05) is 38.8 Å². The van der Waals surface area contributed by atoms with Crippen molar-refractivity contribution in [3.63, 3.8) is 0 Å². The minimum atomic E-state index is -0.0313. The van der Waals surface area contributed by atoms with Crippen LogP contribution in [-0.2, 0) is 18.4 Å². The van der Waals surface area contributed by atoms with Gasteiger partial charge < -0.3 is 14.7 Å². The molecule has 180 valence electrons. The van der Waals surface area contributed by atoms with Crippen LogP contribution in [-0.4, -0.2) is 75.8 Å². The first-order valence-corrected chi connectivity index (χ1v) is 12.6. The van der Waals surface area contributed by atoms with E-state index in [1.807, 2.05) is 53.9 Å². The first kappa shape index (κ1) is 23.8. The molecule has 2 aliphatic heterocycles. The Kier molecular flexibility index (Phi) is 8.04. The van der Waals surface area contributed by atoms with Crippen LogP contribution in [0.1, 0.15) is 49.8 Å². The van der Waals surface area contributed by atoms with Crippen molar-refractivity contribution < 1.29 is 4.79 Å². The Morgan fingerprint density at radius 2 is 1.52 bits per heavy atom. The molecule has 2 aromatic rings. The van der Waals surface area contributed by atoms with E-state index in [9.17, 15) is 9.59 Å². The fourth-order valence-electron chi connectivity index (χ4n) is 5.15. The molecule has 0 atom stereocenters. The summed E-state index contributed by atoms with van der Waals surface area (Å²) >= 11 is 0. The lowest BCUT2D eigenvalue weighted by molar-refractivity contribution is -0.132. The highest BCUT2D eigenvalue weighted by Crippen LogP contribution is 2.15. The Balaban J connectivity index is 1.51. The van der Waals surface area contributed by atoms with Crippen LogP contribution in [0.2, 0.25) is 0 Å². The summed E-state index contributed by atoms with van der Waals surface area (Å²) in [5, 5.41) is 0. The quantitative estimate of drug-likeness (QED) is 0.586. The number of para-hydroxylation sites is 1. The number of rotatable bonds is 9. The van der Waals surface area contributed by atoms with Crippen molar-refractivity contribution in [2.24, 2.45) is 7.05 Å². The minimum Gasteiger partial charge on any atom is -0.337 e. The fraction of sp³-hybridized carbons (Fsp3) is 0.615. The van der Waals surface area contributed by atoms with Crippen molar-refractivity contribution in [1.29, 1.82) is 0 Å². The number of likely N-dealkylation sites (tertiary alicyclic amines) is 2. The SMILES string of the molecule is Cc1c(CN(CCN2CCCC2)C(=O)CCN2CCCCC2)c(=O)n(-c2ccccc2)n1C. The van der Waals surface area contributed by atoms with Crippen LogP contribution in [0, 0.1) is 6.92 Å². The molecule has 33 heavy (non-hydrogen) atoms. The van der Waals surface area contributed by atoms with Gasteiger partial charge in [0.15, 0.2) is 0 Å². The van der Waals surface area contributed by atoms with Crippen LogP contribution < -0.4 is 5.56 Å². The Morgan fingerprint density at radius 1 is 0.909 bits per heavy atom. The van der Waals surface area contributed by atoms with E-state index in [0.717, 1.165) is 50.6 Å². The minimum absolute atomic E-state index is 0.0313. The molecule has 7 nitrogen and oxygen atoms in total. The van der Waals surface area contributed by atoms with Gasteiger partial charge in [0.1, 0.15) is 0 Å². The van der Waals surface area contributed by atoms with E-state index < -0.39 is 0 Å². The molecule has 0 unspecified atom stereocenters. The van der Waals surface area contributed by atoms with E-state index in [1.165, 1.54) is 32.1 Å². The summed E-state index contributed by atoms with van der Waals surface area (Å²) in [6.45, 7) is 9.16. The van der Waals surface area contributed by atoms with Gasteiger partial charge in [-0.15, -0.1) is 0 Å². The van der Waals surface area contributed by atoms with E-state index in [-0.39, 0.29) is 11.5 Å². The van der Waals surface area contributed by atoms with Gasteiger partial charge in [0.05, 0.1) is 17.8 Å². The van der Waals surface area contributed by atoms with Gasteiger partial charge in [-0.1, -0.05) is 24.6 Å². The maximum absolute atomic E-state index is 13.4. The van der Waals surface area contributed by atoms with E-state index in [2.05, 4.69) is 9.80 Å². The molecule has 0 N–H and O–H groups in total. The maximum Gasteiger partial charge on any atom is 0.276 e. The number of carbonyl (C=O) groups excluding carboxylic acids is 1. The standard InChI is InChI=1S/C26H39N5O2/c1-22-24(26(33)31(27(22)2)23-11-5-3-6-12-23)21-30(20-19-29-16-9-10-17-29)25(32)13-18-28-14-7-4-8-15-28/h3,5-6,11-12H,4,7-10,13-21H2,1-2H3. The number of benzene rings is 1. The predicted octanol–water partition coefficient (Wildman–Crippen LogP) is 2.78. The average molecular weight is 454 g/mol. The molecule has 0 saturated carbocycles. The van der Waals surface area contributed by atoms with Crippen molar-refractivity contribution in [3.05, 3.63) is 51.9 Å². The Bertz CT molecular complexity index is 969. The number of hydrogen-bond donors (Lipinski definition) is 0. The van der Waals surface area contributed by atoms with Gasteiger partial charge in [0.25, 0.3) is 5.56 Å². The molecule has 7 heteroatoms. The third kappa shape index (κ3) is 5.76. The molecule has 2 fully saturated rings. The molecule has 2 saturated heterocycles. The average Bonchev–Trinajstić information content (AvgIpc) is 3.43. The van der Waals surface area contributed by atoms with Gasteiger partial charge in [-0.2, -0.15) is 0 Å². The lowest BCUT2D eigenvalue weighted by Crippen LogP contribution is -2.40. The maximum atomic E-state index is 13.4. The summed E-state index contributed by atoms with van der Waals surface area (Å²) in [5.74, 6) is 0.161. The lowest BCUT2D eigenvalue weighted by atomic mass is 10.1. The van der Waals surface area contributed by atoms with Crippen molar-refractivity contribution in [1.82, 2.24) is 24.1 Å². The Hall–Kier alpha value is -2.38. The molecule has 1 aromatic heterocycles. The number of amides is 1. The summed E-state index contributed by atoms with van der Waals surface area (Å²) in [4.78, 5) is 33.5. The Labute approximate surface area is 197 Å². The Morgan fingerprint density at radius 3 is 2.18 bits per heavy atom. The predicted molar refractivity (Wildman–Crippen MR) is 132 cm³/mol. The zero-order valence-corrected chi connectivity index (χ0v) is 20.3. The highest BCUT2D eigenvalue weighted by Gasteiger charge is 2.23. The number of aromatic nitrogens is 2. The topological polar surface area (TPSA) is 53.7 Å². The zero-order valence-electron chi connectivity index (χ0n) is 20.3. The smallest absolute Gasteiger partial charge is 0.276 e. The summed E-state index contributed by atoms with van der Waals surface area (Å²) in [6, 6.07) is 9.72. The van der Waals surface area contributed by atoms with Crippen molar-refractivity contribution in [2.75, 3.05) is 45.8 Å². The molecule has 0 bridgehead atoms. The fourth-order valence-corrected chi connectivity index (χ4v) is 5.15. The number of nitrogens with zero attached hydrogens (tertiary/aromatic N) is 5. The molecular weight excluding hydrogens is 414 g/mol. The van der Waals surface area contributed by atoms with Crippen LogP contribution >= 0.6 is 0 Å². The van der Waals surface area contributed by atoms with Crippen LogP contribution in [0.25, 0.3) is 5.69 Å². The van der Waals surface area contributed by atoms with Gasteiger partial charge in [-0.25, -0.2) is 4.68 Å². The summed E-state index contributed by atoms with van der Waals surface area (Å²) in [6.07, 6.45) is 6.77. The molecular formula is C26H39N5O2. The van der Waals surface area contributed by atoms with E-state index >= 15 is 0 Å². The second kappa shape index (κ2) is 11.2. The molecule has 0 spiro atoms. The van der Waals surface area contributed by atoms with E-state index in [0.29, 0.717) is 25.1 Å². The highest BCUT2D eigenvalue weighted by atomic mass is 16.2. The normalized spacial score (nSPS) is 17.5. The number of carbonyl (C=O) groups is 1. The molecule has 2 aliphatic rings. The summed E-state index contributed by atoms with van der Waals surface area (Å²) in [7, 11) is 1.92. The second-order valence-corrected chi connectivity index (χ2v) is 9.56. The zero-order chi connectivity index (χ0) is 23.2. The first-order valence-electron chi connectivity index (χ1n) is 12.6. The molecule has 1 amide bonds. The highest BCUT2D eigenvalue weighted by molar-refractivity contribution is 5.76. The number of piperidine rings is 1. The molecule has 0 aliphatic carbocycles. The van der Waals surface area contributed by atoms with Gasteiger partial charge in [0.2, 0.25) is 5.91 Å². The van der Waals surface area contributed by atoms with Gasteiger partial charge in [-0.3, -0.25) is 14.3 Å². The third-order valence-corrected chi connectivity index (χ3v) is 7.35. The van der Waals surface area contributed by atoms with Gasteiger partial charge in [-0.05, 0) is 70.9 Å². The van der Waals surface area contributed by atoms with Crippen molar-refractivity contribution in [2.45, 2.75) is 52.0 Å². The number of hydrogen-bond acceptors (Lipinski definition) is 4. The third-order valence-electron chi connectivity index (χ3n) is 7.35. The molecule has 1 aromatic carbocycles. The molecule has 3 heterocycles. The largest absolute Gasteiger partial charge is 0.337 e. The monoisotopic (exact) mass is 453 g/mol.